The quantitative estimate of drug-likeness (QED) is 0.504. The lowest BCUT2D eigenvalue weighted by Gasteiger charge is -1.97. The Bertz CT molecular complexity index is 625. The summed E-state index contributed by atoms with van der Waals surface area (Å²) in [4.78, 5) is 11.3. The van der Waals surface area contributed by atoms with Crippen molar-refractivity contribution < 1.29 is 0 Å². The molecule has 0 amide bonds. The van der Waals surface area contributed by atoms with Gasteiger partial charge in [0.25, 0.3) is 0 Å². The molecule has 0 aliphatic heterocycles. The summed E-state index contributed by atoms with van der Waals surface area (Å²) in [7, 11) is 0. The molecule has 0 aromatic heterocycles. The summed E-state index contributed by atoms with van der Waals surface area (Å²) in [5, 5.41) is 4.16. The first-order valence-electron chi connectivity index (χ1n) is 4.36. The van der Waals surface area contributed by atoms with Gasteiger partial charge in [0.1, 0.15) is 0 Å². The van der Waals surface area contributed by atoms with Gasteiger partial charge in [-0.2, -0.15) is 0 Å². The van der Waals surface area contributed by atoms with Gasteiger partial charge in [-0.15, -0.1) is 0 Å². The molecule has 3 rings (SSSR count). The molecule has 0 aliphatic rings. The van der Waals surface area contributed by atoms with Crippen molar-refractivity contribution in [2.24, 2.45) is 0 Å². The van der Waals surface area contributed by atoms with Crippen molar-refractivity contribution in [3.05, 3.63) is 46.1 Å². The first-order chi connectivity index (χ1) is 6.29. The van der Waals surface area contributed by atoms with Crippen LogP contribution in [0.2, 0.25) is 0 Å². The third-order valence-corrected chi connectivity index (χ3v) is 2.66. The standard InChI is InChI=1S/C12H8O/c1-7-6-10-11(12(10)13)9-5-3-2-4-8(7)9/h2-6H,1H3. The second-order valence-electron chi connectivity index (χ2n) is 3.49. The minimum atomic E-state index is 0.226. The van der Waals surface area contributed by atoms with Crippen molar-refractivity contribution in [2.45, 2.75) is 6.92 Å². The molecule has 0 spiro atoms. The summed E-state index contributed by atoms with van der Waals surface area (Å²) < 4.78 is 0. The van der Waals surface area contributed by atoms with Gasteiger partial charge in [0.2, 0.25) is 0 Å². The topological polar surface area (TPSA) is 17.1 Å². The fourth-order valence-corrected chi connectivity index (χ4v) is 1.93. The molecule has 0 fully saturated rings. The molecule has 0 N–H and O–H groups in total. The molecule has 0 bridgehead atoms. The van der Waals surface area contributed by atoms with Gasteiger partial charge in [-0.25, -0.2) is 0 Å². The van der Waals surface area contributed by atoms with Gasteiger partial charge in [0.15, 0.2) is 5.43 Å². The lowest BCUT2D eigenvalue weighted by atomic mass is 10.1. The van der Waals surface area contributed by atoms with E-state index in [2.05, 4.69) is 6.07 Å². The van der Waals surface area contributed by atoms with Gasteiger partial charge in [-0.3, -0.25) is 4.79 Å². The zero-order valence-electron chi connectivity index (χ0n) is 7.29. The summed E-state index contributed by atoms with van der Waals surface area (Å²) in [6.45, 7) is 2.05. The lowest BCUT2D eigenvalue weighted by Crippen LogP contribution is -1.74. The fourth-order valence-electron chi connectivity index (χ4n) is 1.93. The zero-order chi connectivity index (χ0) is 9.00. The summed E-state index contributed by atoms with van der Waals surface area (Å²) in [5.41, 5.74) is 1.42. The number of benzene rings is 2. The van der Waals surface area contributed by atoms with Crippen LogP contribution in [0.4, 0.5) is 0 Å². The van der Waals surface area contributed by atoms with Crippen molar-refractivity contribution in [3.8, 4) is 0 Å². The van der Waals surface area contributed by atoms with E-state index in [0.29, 0.717) is 0 Å². The van der Waals surface area contributed by atoms with Crippen LogP contribution in [0.1, 0.15) is 5.56 Å². The highest BCUT2D eigenvalue weighted by atomic mass is 16.1. The van der Waals surface area contributed by atoms with Gasteiger partial charge in [0.05, 0.1) is 0 Å². The maximum Gasteiger partial charge on any atom is 0.195 e. The Hall–Kier alpha value is -1.63. The van der Waals surface area contributed by atoms with Crippen LogP contribution in [0.15, 0.2) is 35.1 Å². The second-order valence-corrected chi connectivity index (χ2v) is 3.49. The average molecular weight is 168 g/mol. The van der Waals surface area contributed by atoms with Crippen LogP contribution in [-0.2, 0) is 0 Å². The van der Waals surface area contributed by atoms with E-state index < -0.39 is 0 Å². The maximum atomic E-state index is 11.3. The van der Waals surface area contributed by atoms with Crippen molar-refractivity contribution >= 4 is 21.5 Å². The van der Waals surface area contributed by atoms with Crippen LogP contribution in [0.5, 0.6) is 0 Å². The first kappa shape index (κ1) is 6.84. The minimum Gasteiger partial charge on any atom is -0.289 e. The highest BCUT2D eigenvalue weighted by molar-refractivity contribution is 6.17. The van der Waals surface area contributed by atoms with E-state index in [0.717, 1.165) is 16.2 Å². The van der Waals surface area contributed by atoms with E-state index in [1.54, 1.807) is 0 Å². The van der Waals surface area contributed by atoms with Gasteiger partial charge in [-0.05, 0) is 29.3 Å². The van der Waals surface area contributed by atoms with Gasteiger partial charge >= 0.3 is 0 Å². The lowest BCUT2D eigenvalue weighted by molar-refractivity contribution is 1.57. The van der Waals surface area contributed by atoms with E-state index in [-0.39, 0.29) is 5.43 Å². The Labute approximate surface area is 75.3 Å². The number of hydrogen-bond donors (Lipinski definition) is 0. The molecule has 3 aromatic carbocycles. The molecule has 0 aliphatic carbocycles. The average Bonchev–Trinajstić information content (AvgIpc) is 2.78. The molecule has 0 heterocycles. The Morgan fingerprint density at radius 3 is 2.46 bits per heavy atom. The Balaban J connectivity index is 2.69. The number of rotatable bonds is 0. The van der Waals surface area contributed by atoms with Gasteiger partial charge in [-0.1, -0.05) is 24.3 Å². The molecule has 13 heavy (non-hydrogen) atoms. The Morgan fingerprint density at radius 1 is 1.00 bits per heavy atom. The van der Waals surface area contributed by atoms with Crippen LogP contribution >= 0.6 is 0 Å². The molecule has 1 nitrogen and oxygen atoms in total. The summed E-state index contributed by atoms with van der Waals surface area (Å²) in [6.07, 6.45) is 0. The van der Waals surface area contributed by atoms with E-state index in [4.69, 9.17) is 0 Å². The molecular formula is C12H8O. The molecule has 0 radical (unpaired) electrons. The number of fused-ring (bicyclic) bond motifs is 3. The molecule has 0 unspecified atom stereocenters. The Kier molecular flexibility index (Phi) is 1.05. The van der Waals surface area contributed by atoms with E-state index in [9.17, 15) is 4.79 Å². The third kappa shape index (κ3) is 0.738. The summed E-state index contributed by atoms with van der Waals surface area (Å²) >= 11 is 0. The highest BCUT2D eigenvalue weighted by Gasteiger charge is 2.16. The predicted molar refractivity (Wildman–Crippen MR) is 54.8 cm³/mol. The number of aryl methyl sites for hydroxylation is 1. The molecule has 3 aromatic rings. The van der Waals surface area contributed by atoms with Crippen LogP contribution in [-0.4, -0.2) is 0 Å². The molecule has 0 saturated carbocycles. The molecular weight excluding hydrogens is 160 g/mol. The summed E-state index contributed by atoms with van der Waals surface area (Å²) in [5.74, 6) is 0. The number of hydrogen-bond acceptors (Lipinski definition) is 1. The molecule has 62 valence electrons. The first-order valence-corrected chi connectivity index (χ1v) is 4.36. The normalized spacial score (nSPS) is 11.8. The van der Waals surface area contributed by atoms with Crippen molar-refractivity contribution in [3.63, 3.8) is 0 Å². The van der Waals surface area contributed by atoms with Crippen molar-refractivity contribution in [1.29, 1.82) is 0 Å². The summed E-state index contributed by atoms with van der Waals surface area (Å²) in [6, 6.07) is 10.1. The third-order valence-electron chi connectivity index (χ3n) is 2.66. The fraction of sp³-hybridized carbons (Fsp3) is 0.0833. The highest BCUT2D eigenvalue weighted by Crippen LogP contribution is 2.28. The van der Waals surface area contributed by atoms with Gasteiger partial charge < -0.3 is 0 Å². The van der Waals surface area contributed by atoms with E-state index in [1.807, 2.05) is 31.2 Å². The smallest absolute Gasteiger partial charge is 0.195 e. The van der Waals surface area contributed by atoms with Crippen LogP contribution < -0.4 is 5.43 Å². The van der Waals surface area contributed by atoms with Crippen molar-refractivity contribution in [1.82, 2.24) is 0 Å². The zero-order valence-corrected chi connectivity index (χ0v) is 7.29. The van der Waals surface area contributed by atoms with Crippen LogP contribution in [0.3, 0.4) is 0 Å². The van der Waals surface area contributed by atoms with E-state index in [1.165, 1.54) is 10.9 Å². The Morgan fingerprint density at radius 2 is 1.69 bits per heavy atom. The van der Waals surface area contributed by atoms with Gasteiger partial charge in [0, 0.05) is 10.8 Å². The SMILES string of the molecule is Cc1cc2c(=O)c2c2ccccc12. The largest absolute Gasteiger partial charge is 0.289 e. The molecule has 1 heteroatoms. The molecule has 0 atom stereocenters. The second kappa shape index (κ2) is 1.99. The van der Waals surface area contributed by atoms with Crippen LogP contribution in [0.25, 0.3) is 21.5 Å². The predicted octanol–water partition coefficient (Wildman–Crippen LogP) is 2.54. The maximum absolute atomic E-state index is 11.3. The van der Waals surface area contributed by atoms with Crippen LogP contribution in [0, 0.1) is 6.92 Å². The monoisotopic (exact) mass is 168 g/mol. The minimum absolute atomic E-state index is 0.226. The van der Waals surface area contributed by atoms with E-state index >= 15 is 0 Å². The molecule has 0 saturated heterocycles. The van der Waals surface area contributed by atoms with Crippen molar-refractivity contribution in [2.75, 3.05) is 0 Å².